The second kappa shape index (κ2) is 2.73. The number of fused-ring (bicyclic) bond motifs is 1. The monoisotopic (exact) mass is 193 g/mol. The molecule has 14 heavy (non-hydrogen) atoms. The molecular formula is C9H11N3O2. The molecule has 0 saturated heterocycles. The van der Waals surface area contributed by atoms with E-state index in [1.54, 1.807) is 0 Å². The first-order chi connectivity index (χ1) is 6.84. The fourth-order valence-electron chi connectivity index (χ4n) is 1.69. The van der Waals surface area contributed by atoms with Gasteiger partial charge in [-0.3, -0.25) is 4.79 Å². The van der Waals surface area contributed by atoms with Crippen LogP contribution in [0.1, 0.15) is 30.2 Å². The van der Waals surface area contributed by atoms with E-state index >= 15 is 0 Å². The fraction of sp³-hybridized carbons (Fsp3) is 0.556. The van der Waals surface area contributed by atoms with E-state index in [1.165, 1.54) is 12.8 Å². The number of rotatable bonds is 1. The molecule has 5 nitrogen and oxygen atoms in total. The normalized spacial score (nSPS) is 20.7. The van der Waals surface area contributed by atoms with Gasteiger partial charge in [0.25, 0.3) is 0 Å². The van der Waals surface area contributed by atoms with Crippen molar-refractivity contribution in [2.75, 3.05) is 11.9 Å². The first-order valence-electron chi connectivity index (χ1n) is 4.83. The van der Waals surface area contributed by atoms with Gasteiger partial charge in [0.15, 0.2) is 5.76 Å². The number of amides is 1. The molecule has 1 saturated carbocycles. The molecule has 2 aliphatic rings. The first kappa shape index (κ1) is 7.84. The van der Waals surface area contributed by atoms with Crippen molar-refractivity contribution in [3.63, 3.8) is 0 Å². The smallest absolute Gasteiger partial charge is 0.239 e. The molecule has 1 aliphatic carbocycles. The van der Waals surface area contributed by atoms with Gasteiger partial charge in [0.2, 0.25) is 5.91 Å². The van der Waals surface area contributed by atoms with Crippen molar-refractivity contribution in [1.82, 2.24) is 10.5 Å². The summed E-state index contributed by atoms with van der Waals surface area (Å²) in [5, 5.41) is 9.79. The van der Waals surface area contributed by atoms with E-state index in [0.717, 1.165) is 17.1 Å². The fourth-order valence-corrected chi connectivity index (χ4v) is 1.69. The minimum absolute atomic E-state index is 0.00440. The summed E-state index contributed by atoms with van der Waals surface area (Å²) in [5.41, 5.74) is 1.75. The predicted octanol–water partition coefficient (Wildman–Crippen LogP) is 0.594. The number of hydrogen-bond acceptors (Lipinski definition) is 4. The van der Waals surface area contributed by atoms with Crippen LogP contribution in [0.5, 0.6) is 0 Å². The van der Waals surface area contributed by atoms with E-state index in [-0.39, 0.29) is 5.91 Å². The summed E-state index contributed by atoms with van der Waals surface area (Å²) in [6.45, 7) is 0.783. The molecule has 0 radical (unpaired) electrons. The molecule has 2 heterocycles. The van der Waals surface area contributed by atoms with Crippen LogP contribution in [0.25, 0.3) is 0 Å². The molecule has 0 spiro atoms. The van der Waals surface area contributed by atoms with Gasteiger partial charge in [0.1, 0.15) is 11.4 Å². The number of aromatic nitrogens is 1. The molecule has 0 bridgehead atoms. The van der Waals surface area contributed by atoms with E-state index in [0.29, 0.717) is 19.0 Å². The molecule has 2 N–H and O–H groups in total. The van der Waals surface area contributed by atoms with E-state index in [9.17, 15) is 4.79 Å². The third kappa shape index (κ3) is 1.16. The van der Waals surface area contributed by atoms with Crippen LogP contribution in [0.3, 0.4) is 0 Å². The molecule has 3 rings (SSSR count). The average Bonchev–Trinajstić information content (AvgIpc) is 2.96. The van der Waals surface area contributed by atoms with Gasteiger partial charge in [-0.2, -0.15) is 0 Å². The van der Waals surface area contributed by atoms with Gasteiger partial charge >= 0.3 is 0 Å². The van der Waals surface area contributed by atoms with Gasteiger partial charge in [-0.1, -0.05) is 5.16 Å². The maximum atomic E-state index is 11.1. The summed E-state index contributed by atoms with van der Waals surface area (Å²) in [4.78, 5) is 11.1. The number of anilines is 1. The van der Waals surface area contributed by atoms with E-state index in [1.807, 2.05) is 0 Å². The van der Waals surface area contributed by atoms with Gasteiger partial charge in [-0.05, 0) is 12.8 Å². The summed E-state index contributed by atoms with van der Waals surface area (Å²) in [7, 11) is 0. The number of carbonyl (C=O) groups excluding carboxylic acids is 1. The highest BCUT2D eigenvalue weighted by atomic mass is 16.5. The molecule has 0 aromatic carbocycles. The molecule has 1 amide bonds. The Labute approximate surface area is 80.8 Å². The zero-order valence-electron chi connectivity index (χ0n) is 7.67. The Bertz CT molecular complexity index is 381. The Morgan fingerprint density at radius 2 is 2.14 bits per heavy atom. The lowest BCUT2D eigenvalue weighted by Gasteiger charge is -2.00. The third-order valence-electron chi connectivity index (χ3n) is 2.62. The second-order valence-corrected chi connectivity index (χ2v) is 3.77. The number of hydrogen-bond donors (Lipinski definition) is 2. The Kier molecular flexibility index (Phi) is 1.53. The van der Waals surface area contributed by atoms with Crippen LogP contribution in [0.15, 0.2) is 4.52 Å². The molecular weight excluding hydrogens is 182 g/mol. The SMILES string of the molecule is O=C1CNc2c(noc2C2CC2)CN1. The highest BCUT2D eigenvalue weighted by molar-refractivity contribution is 5.82. The predicted molar refractivity (Wildman–Crippen MR) is 48.8 cm³/mol. The second-order valence-electron chi connectivity index (χ2n) is 3.77. The lowest BCUT2D eigenvalue weighted by Crippen LogP contribution is -2.26. The van der Waals surface area contributed by atoms with Crippen LogP contribution in [0.2, 0.25) is 0 Å². The lowest BCUT2D eigenvalue weighted by atomic mass is 10.2. The van der Waals surface area contributed by atoms with Crippen LogP contribution in [-0.2, 0) is 11.3 Å². The van der Waals surface area contributed by atoms with Gasteiger partial charge in [0, 0.05) is 5.92 Å². The van der Waals surface area contributed by atoms with Crippen LogP contribution in [0.4, 0.5) is 5.69 Å². The number of nitrogens with one attached hydrogen (secondary N) is 2. The minimum Gasteiger partial charge on any atom is -0.372 e. The average molecular weight is 193 g/mol. The van der Waals surface area contributed by atoms with Gasteiger partial charge in [-0.15, -0.1) is 0 Å². The van der Waals surface area contributed by atoms with Crippen molar-refractivity contribution in [2.45, 2.75) is 25.3 Å². The van der Waals surface area contributed by atoms with Gasteiger partial charge < -0.3 is 15.2 Å². The summed E-state index contributed by atoms with van der Waals surface area (Å²) in [6, 6.07) is 0. The Morgan fingerprint density at radius 1 is 1.29 bits per heavy atom. The molecule has 1 aromatic rings. The summed E-state index contributed by atoms with van der Waals surface area (Å²) in [5.74, 6) is 1.45. The summed E-state index contributed by atoms with van der Waals surface area (Å²) in [6.07, 6.45) is 2.34. The van der Waals surface area contributed by atoms with E-state index in [2.05, 4.69) is 15.8 Å². The minimum atomic E-state index is 0.00440. The van der Waals surface area contributed by atoms with E-state index < -0.39 is 0 Å². The van der Waals surface area contributed by atoms with E-state index in [4.69, 9.17) is 4.52 Å². The van der Waals surface area contributed by atoms with Crippen LogP contribution in [-0.4, -0.2) is 17.6 Å². The summed E-state index contributed by atoms with van der Waals surface area (Å²) < 4.78 is 5.27. The van der Waals surface area contributed by atoms with Gasteiger partial charge in [-0.25, -0.2) is 0 Å². The number of carbonyl (C=O) groups is 1. The standard InChI is InChI=1S/C9H11N3O2/c13-7-4-11-8-6(3-10-7)12-14-9(8)5-1-2-5/h5,11H,1-4H2,(H,10,13). The maximum absolute atomic E-state index is 11.1. The molecule has 74 valence electrons. The highest BCUT2D eigenvalue weighted by Crippen LogP contribution is 2.44. The van der Waals surface area contributed by atoms with Crippen molar-refractivity contribution >= 4 is 11.6 Å². The molecule has 1 aliphatic heterocycles. The quantitative estimate of drug-likeness (QED) is 0.685. The molecule has 1 aromatic heterocycles. The molecule has 5 heteroatoms. The molecule has 0 atom stereocenters. The van der Waals surface area contributed by atoms with Crippen molar-refractivity contribution in [3.05, 3.63) is 11.5 Å². The molecule has 0 unspecified atom stereocenters. The third-order valence-corrected chi connectivity index (χ3v) is 2.62. The Hall–Kier alpha value is -1.52. The number of nitrogens with zero attached hydrogens (tertiary/aromatic N) is 1. The topological polar surface area (TPSA) is 67.2 Å². The van der Waals surface area contributed by atoms with Crippen molar-refractivity contribution in [3.8, 4) is 0 Å². The largest absolute Gasteiger partial charge is 0.372 e. The van der Waals surface area contributed by atoms with Crippen molar-refractivity contribution in [2.24, 2.45) is 0 Å². The maximum Gasteiger partial charge on any atom is 0.239 e. The highest BCUT2D eigenvalue weighted by Gasteiger charge is 2.33. The van der Waals surface area contributed by atoms with Crippen LogP contribution >= 0.6 is 0 Å². The Morgan fingerprint density at radius 3 is 2.93 bits per heavy atom. The summed E-state index contributed by atoms with van der Waals surface area (Å²) >= 11 is 0. The van der Waals surface area contributed by atoms with Gasteiger partial charge in [0.05, 0.1) is 13.1 Å². The van der Waals surface area contributed by atoms with Crippen molar-refractivity contribution < 1.29 is 9.32 Å². The molecule has 1 fully saturated rings. The zero-order chi connectivity index (χ0) is 9.54. The first-order valence-corrected chi connectivity index (χ1v) is 4.83. The van der Waals surface area contributed by atoms with Crippen LogP contribution < -0.4 is 10.6 Å². The Balaban J connectivity index is 1.95. The zero-order valence-corrected chi connectivity index (χ0v) is 7.67. The van der Waals surface area contributed by atoms with Crippen molar-refractivity contribution in [1.29, 1.82) is 0 Å². The lowest BCUT2D eigenvalue weighted by molar-refractivity contribution is -0.119. The van der Waals surface area contributed by atoms with Crippen LogP contribution in [0, 0.1) is 0 Å².